The maximum absolute atomic E-state index is 11.3. The number of β-amino-alcohol motifs (C(OH)–C–C–N with tert-alkyl or cyclic N) is 1. The molecule has 1 aromatic carbocycles. The fraction of sp³-hybridized carbons (Fsp3) is 0.538. The van der Waals surface area contributed by atoms with Crippen molar-refractivity contribution < 1.29 is 10.0 Å². The van der Waals surface area contributed by atoms with Crippen LogP contribution in [0.4, 0.5) is 17.1 Å². The third-order valence-corrected chi connectivity index (χ3v) is 3.48. The molecule has 0 spiro atoms. The highest BCUT2D eigenvalue weighted by Gasteiger charge is 2.32. The minimum absolute atomic E-state index is 0.0719. The Hall–Kier alpha value is -1.82. The van der Waals surface area contributed by atoms with Crippen LogP contribution in [0.3, 0.4) is 0 Å². The molecule has 6 heteroatoms. The minimum atomic E-state index is -0.790. The van der Waals surface area contributed by atoms with E-state index < -0.39 is 5.60 Å². The summed E-state index contributed by atoms with van der Waals surface area (Å²) in [5.74, 6) is 0. The molecule has 0 aliphatic carbocycles. The Labute approximate surface area is 112 Å². The van der Waals surface area contributed by atoms with Gasteiger partial charge in [-0.2, -0.15) is 0 Å². The smallest absolute Gasteiger partial charge is 0.315 e. The molecule has 19 heavy (non-hydrogen) atoms. The first-order valence-electron chi connectivity index (χ1n) is 6.37. The molecule has 0 saturated carbocycles. The van der Waals surface area contributed by atoms with Crippen LogP contribution in [0.15, 0.2) is 18.2 Å². The van der Waals surface area contributed by atoms with E-state index in [0.717, 1.165) is 19.4 Å². The Morgan fingerprint density at radius 1 is 1.53 bits per heavy atom. The summed E-state index contributed by atoms with van der Waals surface area (Å²) >= 11 is 0. The van der Waals surface area contributed by atoms with Crippen molar-refractivity contribution in [2.45, 2.75) is 25.4 Å². The third-order valence-electron chi connectivity index (χ3n) is 3.48. The lowest BCUT2D eigenvalue weighted by molar-refractivity contribution is -0.383. The zero-order chi connectivity index (χ0) is 14.0. The molecule has 0 radical (unpaired) electrons. The van der Waals surface area contributed by atoms with Gasteiger partial charge in [-0.25, -0.2) is 0 Å². The van der Waals surface area contributed by atoms with E-state index in [1.54, 1.807) is 32.2 Å². The number of rotatable bonds is 3. The maximum Gasteiger partial charge on any atom is 0.315 e. The number of aliphatic hydroxyl groups is 1. The molecule has 1 atom stereocenters. The van der Waals surface area contributed by atoms with Crippen molar-refractivity contribution in [3.8, 4) is 0 Å². The standard InChI is InChI=1S/C13H19N3O3/c1-13(17)7-4-8-15(9-13)11-6-3-5-10(14-2)12(11)16(18)19/h3,5-6,14,17H,4,7-9H2,1-2H3. The molecular formula is C13H19N3O3. The number of nitrogens with zero attached hydrogens (tertiary/aromatic N) is 2. The van der Waals surface area contributed by atoms with Gasteiger partial charge in [0, 0.05) is 20.1 Å². The average Bonchev–Trinajstić information content (AvgIpc) is 2.36. The quantitative estimate of drug-likeness (QED) is 0.645. The number of para-hydroxylation sites is 1. The first-order chi connectivity index (χ1) is 8.94. The average molecular weight is 265 g/mol. The van der Waals surface area contributed by atoms with Crippen LogP contribution in [0.1, 0.15) is 19.8 Å². The van der Waals surface area contributed by atoms with Gasteiger partial charge in [-0.1, -0.05) is 6.07 Å². The molecular weight excluding hydrogens is 246 g/mol. The lowest BCUT2D eigenvalue weighted by atomic mass is 9.94. The molecule has 6 nitrogen and oxygen atoms in total. The number of nitro groups is 1. The van der Waals surface area contributed by atoms with E-state index in [2.05, 4.69) is 5.32 Å². The lowest BCUT2D eigenvalue weighted by Crippen LogP contribution is -2.46. The van der Waals surface area contributed by atoms with E-state index in [4.69, 9.17) is 0 Å². The summed E-state index contributed by atoms with van der Waals surface area (Å²) < 4.78 is 0. The van der Waals surface area contributed by atoms with E-state index >= 15 is 0 Å². The van der Waals surface area contributed by atoms with Crippen molar-refractivity contribution in [3.63, 3.8) is 0 Å². The summed E-state index contributed by atoms with van der Waals surface area (Å²) in [5, 5.41) is 24.3. The molecule has 1 aliphatic heterocycles. The SMILES string of the molecule is CNc1cccc(N2CCCC(C)(O)C2)c1[N+](=O)[O-]. The number of nitro benzene ring substituents is 1. The van der Waals surface area contributed by atoms with Crippen LogP contribution in [-0.4, -0.2) is 35.8 Å². The van der Waals surface area contributed by atoms with Crippen LogP contribution >= 0.6 is 0 Å². The molecule has 1 aromatic rings. The minimum Gasteiger partial charge on any atom is -0.388 e. The molecule has 0 amide bonds. The van der Waals surface area contributed by atoms with Gasteiger partial charge in [-0.15, -0.1) is 0 Å². The summed E-state index contributed by atoms with van der Waals surface area (Å²) in [7, 11) is 1.67. The van der Waals surface area contributed by atoms with E-state index in [-0.39, 0.29) is 10.6 Å². The van der Waals surface area contributed by atoms with Gasteiger partial charge in [0.2, 0.25) is 0 Å². The van der Waals surface area contributed by atoms with Crippen molar-refractivity contribution in [2.75, 3.05) is 30.4 Å². The van der Waals surface area contributed by atoms with Gasteiger partial charge in [0.05, 0.1) is 10.5 Å². The maximum atomic E-state index is 11.3. The van der Waals surface area contributed by atoms with Gasteiger partial charge >= 0.3 is 5.69 Å². The van der Waals surface area contributed by atoms with E-state index in [1.807, 2.05) is 4.90 Å². The summed E-state index contributed by atoms with van der Waals surface area (Å²) in [6.45, 7) is 2.91. The molecule has 1 aliphatic rings. The monoisotopic (exact) mass is 265 g/mol. The van der Waals surface area contributed by atoms with Gasteiger partial charge in [-0.3, -0.25) is 10.1 Å². The molecule has 2 rings (SSSR count). The van der Waals surface area contributed by atoms with Gasteiger partial charge < -0.3 is 15.3 Å². The van der Waals surface area contributed by atoms with Crippen molar-refractivity contribution in [3.05, 3.63) is 28.3 Å². The molecule has 2 N–H and O–H groups in total. The van der Waals surface area contributed by atoms with Crippen LogP contribution < -0.4 is 10.2 Å². The first-order valence-corrected chi connectivity index (χ1v) is 6.37. The predicted octanol–water partition coefficient (Wildman–Crippen LogP) is 1.99. The molecule has 1 heterocycles. The van der Waals surface area contributed by atoms with Crippen LogP contribution in [-0.2, 0) is 0 Å². The number of hydrogen-bond donors (Lipinski definition) is 2. The van der Waals surface area contributed by atoms with Gasteiger partial charge in [-0.05, 0) is 31.9 Å². The first kappa shape index (κ1) is 13.6. The fourth-order valence-corrected chi connectivity index (χ4v) is 2.61. The highest BCUT2D eigenvalue weighted by Crippen LogP contribution is 2.37. The number of hydrogen-bond acceptors (Lipinski definition) is 5. The summed E-state index contributed by atoms with van der Waals surface area (Å²) in [6.07, 6.45) is 1.55. The van der Waals surface area contributed by atoms with E-state index in [9.17, 15) is 15.2 Å². The molecule has 104 valence electrons. The summed E-state index contributed by atoms with van der Waals surface area (Å²) in [6, 6.07) is 5.21. The Balaban J connectivity index is 2.41. The summed E-state index contributed by atoms with van der Waals surface area (Å²) in [4.78, 5) is 12.8. The van der Waals surface area contributed by atoms with Crippen molar-refractivity contribution in [1.29, 1.82) is 0 Å². The molecule has 0 bridgehead atoms. The van der Waals surface area contributed by atoms with Crippen molar-refractivity contribution in [1.82, 2.24) is 0 Å². The Morgan fingerprint density at radius 2 is 2.26 bits per heavy atom. The Bertz CT molecular complexity index is 488. The molecule has 0 aromatic heterocycles. The number of anilines is 2. The molecule has 1 saturated heterocycles. The molecule has 1 fully saturated rings. The van der Waals surface area contributed by atoms with Crippen molar-refractivity contribution >= 4 is 17.1 Å². The zero-order valence-electron chi connectivity index (χ0n) is 11.2. The number of piperidine rings is 1. The number of nitrogens with one attached hydrogen (secondary N) is 1. The normalized spacial score (nSPS) is 23.2. The predicted molar refractivity (Wildman–Crippen MR) is 74.7 cm³/mol. The second-order valence-electron chi connectivity index (χ2n) is 5.20. The van der Waals surface area contributed by atoms with Crippen LogP contribution in [0.5, 0.6) is 0 Å². The third kappa shape index (κ3) is 2.78. The second kappa shape index (κ2) is 5.05. The van der Waals surface area contributed by atoms with Crippen LogP contribution in [0.2, 0.25) is 0 Å². The van der Waals surface area contributed by atoms with Crippen molar-refractivity contribution in [2.24, 2.45) is 0 Å². The highest BCUT2D eigenvalue weighted by atomic mass is 16.6. The van der Waals surface area contributed by atoms with E-state index in [0.29, 0.717) is 17.9 Å². The summed E-state index contributed by atoms with van der Waals surface area (Å²) in [5.41, 5.74) is 0.342. The largest absolute Gasteiger partial charge is 0.388 e. The van der Waals surface area contributed by atoms with Gasteiger partial charge in [0.15, 0.2) is 0 Å². The Kier molecular flexibility index (Phi) is 3.61. The second-order valence-corrected chi connectivity index (χ2v) is 5.20. The zero-order valence-corrected chi connectivity index (χ0v) is 11.2. The number of benzene rings is 1. The van der Waals surface area contributed by atoms with E-state index in [1.165, 1.54) is 0 Å². The van der Waals surface area contributed by atoms with Crippen LogP contribution in [0, 0.1) is 10.1 Å². The van der Waals surface area contributed by atoms with Gasteiger partial charge in [0.25, 0.3) is 0 Å². The van der Waals surface area contributed by atoms with Crippen LogP contribution in [0.25, 0.3) is 0 Å². The topological polar surface area (TPSA) is 78.6 Å². The fourth-order valence-electron chi connectivity index (χ4n) is 2.61. The lowest BCUT2D eigenvalue weighted by Gasteiger charge is -2.38. The highest BCUT2D eigenvalue weighted by molar-refractivity contribution is 5.77. The Morgan fingerprint density at radius 3 is 2.84 bits per heavy atom. The molecule has 1 unspecified atom stereocenters. The van der Waals surface area contributed by atoms with Gasteiger partial charge in [0.1, 0.15) is 11.4 Å².